The van der Waals surface area contributed by atoms with Gasteiger partial charge in [-0.25, -0.2) is 4.39 Å². The van der Waals surface area contributed by atoms with E-state index < -0.39 is 0 Å². The fraction of sp³-hybridized carbons (Fsp3) is 0.182. The van der Waals surface area contributed by atoms with Crippen LogP contribution in [0.5, 0.6) is 0 Å². The molecule has 0 aliphatic carbocycles. The van der Waals surface area contributed by atoms with Crippen molar-refractivity contribution in [2.75, 3.05) is 5.73 Å². The highest BCUT2D eigenvalue weighted by molar-refractivity contribution is 5.46. The van der Waals surface area contributed by atoms with E-state index in [0.717, 1.165) is 11.1 Å². The molecule has 2 N–H and O–H groups in total. The summed E-state index contributed by atoms with van der Waals surface area (Å²) < 4.78 is 14.7. The van der Waals surface area contributed by atoms with Crippen LogP contribution in [0.2, 0.25) is 0 Å². The SMILES string of the molecule is Cc1cnn(Cc2cc(F)ccc2N)c1. The molecule has 2 rings (SSSR count). The Labute approximate surface area is 87.3 Å². The second-order valence-corrected chi connectivity index (χ2v) is 3.56. The summed E-state index contributed by atoms with van der Waals surface area (Å²) in [6.45, 7) is 2.45. The lowest BCUT2D eigenvalue weighted by molar-refractivity contribution is 0.620. The third-order valence-corrected chi connectivity index (χ3v) is 2.20. The molecule has 1 aromatic carbocycles. The van der Waals surface area contributed by atoms with Crippen molar-refractivity contribution in [1.29, 1.82) is 0 Å². The highest BCUT2D eigenvalue weighted by Crippen LogP contribution is 2.14. The molecule has 1 heterocycles. The molecule has 0 saturated heterocycles. The van der Waals surface area contributed by atoms with Gasteiger partial charge in [0.1, 0.15) is 5.82 Å². The molecule has 0 radical (unpaired) electrons. The van der Waals surface area contributed by atoms with E-state index in [4.69, 9.17) is 5.73 Å². The minimum atomic E-state index is -0.275. The fourth-order valence-electron chi connectivity index (χ4n) is 1.44. The van der Waals surface area contributed by atoms with Gasteiger partial charge in [0.05, 0.1) is 12.7 Å². The third kappa shape index (κ3) is 2.15. The zero-order valence-corrected chi connectivity index (χ0v) is 8.44. The average molecular weight is 205 g/mol. The summed E-state index contributed by atoms with van der Waals surface area (Å²) in [5.74, 6) is -0.275. The Morgan fingerprint density at radius 1 is 1.47 bits per heavy atom. The quantitative estimate of drug-likeness (QED) is 0.761. The Morgan fingerprint density at radius 2 is 2.27 bits per heavy atom. The lowest BCUT2D eigenvalue weighted by Gasteiger charge is -2.05. The van der Waals surface area contributed by atoms with E-state index in [1.165, 1.54) is 12.1 Å². The van der Waals surface area contributed by atoms with Crippen molar-refractivity contribution in [2.24, 2.45) is 0 Å². The molecule has 0 atom stereocenters. The van der Waals surface area contributed by atoms with E-state index in [1.54, 1.807) is 16.9 Å². The van der Waals surface area contributed by atoms with Gasteiger partial charge in [0.25, 0.3) is 0 Å². The van der Waals surface area contributed by atoms with E-state index in [1.807, 2.05) is 13.1 Å². The predicted molar refractivity (Wildman–Crippen MR) is 56.9 cm³/mol. The smallest absolute Gasteiger partial charge is 0.123 e. The number of halogens is 1. The van der Waals surface area contributed by atoms with Gasteiger partial charge in [0.15, 0.2) is 0 Å². The van der Waals surface area contributed by atoms with E-state index in [-0.39, 0.29) is 5.82 Å². The molecular weight excluding hydrogens is 193 g/mol. The first kappa shape index (κ1) is 9.71. The molecular formula is C11H12FN3. The largest absolute Gasteiger partial charge is 0.398 e. The van der Waals surface area contributed by atoms with Gasteiger partial charge in [0, 0.05) is 11.9 Å². The molecule has 0 spiro atoms. The van der Waals surface area contributed by atoms with E-state index in [0.29, 0.717) is 12.2 Å². The van der Waals surface area contributed by atoms with Gasteiger partial charge in [-0.1, -0.05) is 0 Å². The topological polar surface area (TPSA) is 43.8 Å². The number of aryl methyl sites for hydroxylation is 1. The van der Waals surface area contributed by atoms with Crippen LogP contribution in [0.4, 0.5) is 10.1 Å². The lowest BCUT2D eigenvalue weighted by atomic mass is 10.2. The number of nitrogens with zero attached hydrogens (tertiary/aromatic N) is 2. The number of benzene rings is 1. The first-order chi connectivity index (χ1) is 7.15. The van der Waals surface area contributed by atoms with Crippen molar-refractivity contribution in [3.8, 4) is 0 Å². The highest BCUT2D eigenvalue weighted by atomic mass is 19.1. The number of anilines is 1. The fourth-order valence-corrected chi connectivity index (χ4v) is 1.44. The maximum atomic E-state index is 13.0. The van der Waals surface area contributed by atoms with Crippen molar-refractivity contribution >= 4 is 5.69 Å². The number of hydrogen-bond donors (Lipinski definition) is 1. The van der Waals surface area contributed by atoms with Gasteiger partial charge in [-0.3, -0.25) is 4.68 Å². The molecule has 0 bridgehead atoms. The van der Waals surface area contributed by atoms with Gasteiger partial charge < -0.3 is 5.73 Å². The summed E-state index contributed by atoms with van der Waals surface area (Å²) in [7, 11) is 0. The summed E-state index contributed by atoms with van der Waals surface area (Å²) in [6.07, 6.45) is 3.65. The van der Waals surface area contributed by atoms with Crippen LogP contribution in [0.1, 0.15) is 11.1 Å². The summed E-state index contributed by atoms with van der Waals surface area (Å²) in [5.41, 5.74) is 8.15. The summed E-state index contributed by atoms with van der Waals surface area (Å²) in [6, 6.07) is 4.36. The standard InChI is InChI=1S/C11H12FN3/c1-8-5-14-15(6-8)7-9-4-10(12)2-3-11(9)13/h2-6H,7,13H2,1H3. The van der Waals surface area contributed by atoms with Crippen molar-refractivity contribution in [3.63, 3.8) is 0 Å². The number of nitrogen functional groups attached to an aromatic ring is 1. The molecule has 0 amide bonds. The Morgan fingerprint density at radius 3 is 2.93 bits per heavy atom. The van der Waals surface area contributed by atoms with Gasteiger partial charge >= 0.3 is 0 Å². The molecule has 15 heavy (non-hydrogen) atoms. The van der Waals surface area contributed by atoms with E-state index in [9.17, 15) is 4.39 Å². The van der Waals surface area contributed by atoms with Crippen molar-refractivity contribution < 1.29 is 4.39 Å². The van der Waals surface area contributed by atoms with Crippen LogP contribution in [-0.4, -0.2) is 9.78 Å². The molecule has 78 valence electrons. The van der Waals surface area contributed by atoms with Crippen LogP contribution in [0.25, 0.3) is 0 Å². The molecule has 0 saturated carbocycles. The Hall–Kier alpha value is -1.84. The average Bonchev–Trinajstić information content (AvgIpc) is 2.58. The summed E-state index contributed by atoms with van der Waals surface area (Å²) in [5, 5.41) is 4.12. The Kier molecular flexibility index (Phi) is 2.41. The monoisotopic (exact) mass is 205 g/mol. The molecule has 0 aliphatic rings. The van der Waals surface area contributed by atoms with Crippen molar-refractivity contribution in [1.82, 2.24) is 9.78 Å². The Balaban J connectivity index is 2.27. The second-order valence-electron chi connectivity index (χ2n) is 3.56. The van der Waals surface area contributed by atoms with Crippen LogP contribution < -0.4 is 5.73 Å². The van der Waals surface area contributed by atoms with Gasteiger partial charge in [-0.2, -0.15) is 5.10 Å². The molecule has 3 nitrogen and oxygen atoms in total. The van der Waals surface area contributed by atoms with Crippen molar-refractivity contribution in [2.45, 2.75) is 13.5 Å². The minimum absolute atomic E-state index is 0.275. The first-order valence-electron chi connectivity index (χ1n) is 4.68. The second kappa shape index (κ2) is 3.73. The summed E-state index contributed by atoms with van der Waals surface area (Å²) >= 11 is 0. The molecule has 2 aromatic rings. The summed E-state index contributed by atoms with van der Waals surface area (Å²) in [4.78, 5) is 0. The van der Waals surface area contributed by atoms with Crippen LogP contribution in [0.3, 0.4) is 0 Å². The van der Waals surface area contributed by atoms with E-state index >= 15 is 0 Å². The van der Waals surface area contributed by atoms with Crippen LogP contribution in [0, 0.1) is 12.7 Å². The predicted octanol–water partition coefficient (Wildman–Crippen LogP) is 1.96. The van der Waals surface area contributed by atoms with E-state index in [2.05, 4.69) is 5.10 Å². The number of nitrogens with two attached hydrogens (primary N) is 1. The maximum Gasteiger partial charge on any atom is 0.123 e. The van der Waals surface area contributed by atoms with Crippen molar-refractivity contribution in [3.05, 3.63) is 47.5 Å². The lowest BCUT2D eigenvalue weighted by Crippen LogP contribution is -2.03. The zero-order chi connectivity index (χ0) is 10.8. The molecule has 0 unspecified atom stereocenters. The van der Waals surface area contributed by atoms with Crippen LogP contribution in [0.15, 0.2) is 30.6 Å². The highest BCUT2D eigenvalue weighted by Gasteiger charge is 2.02. The Bertz CT molecular complexity index is 476. The number of hydrogen-bond acceptors (Lipinski definition) is 2. The molecule has 0 fully saturated rings. The molecule has 1 aromatic heterocycles. The molecule has 4 heteroatoms. The first-order valence-corrected chi connectivity index (χ1v) is 4.68. The number of rotatable bonds is 2. The normalized spacial score (nSPS) is 10.5. The zero-order valence-electron chi connectivity index (χ0n) is 8.44. The van der Waals surface area contributed by atoms with Gasteiger partial charge in [-0.05, 0) is 36.2 Å². The third-order valence-electron chi connectivity index (χ3n) is 2.20. The minimum Gasteiger partial charge on any atom is -0.398 e. The van der Waals surface area contributed by atoms with Crippen LogP contribution >= 0.6 is 0 Å². The van der Waals surface area contributed by atoms with Gasteiger partial charge in [0.2, 0.25) is 0 Å². The van der Waals surface area contributed by atoms with Gasteiger partial charge in [-0.15, -0.1) is 0 Å². The number of aromatic nitrogens is 2. The maximum absolute atomic E-state index is 13.0. The van der Waals surface area contributed by atoms with Crippen LogP contribution in [-0.2, 0) is 6.54 Å². The molecule has 0 aliphatic heterocycles.